The Morgan fingerprint density at radius 3 is 2.76 bits per heavy atom. The number of halogens is 2. The Labute approximate surface area is 160 Å². The van der Waals surface area contributed by atoms with E-state index in [2.05, 4.69) is 18.3 Å². The van der Waals surface area contributed by atoms with Gasteiger partial charge in [-0.1, -0.05) is 6.92 Å². The van der Waals surface area contributed by atoms with Crippen molar-refractivity contribution in [2.75, 3.05) is 11.9 Å². The molecule has 5 nitrogen and oxygen atoms in total. The lowest BCUT2D eigenvalue weighted by Crippen LogP contribution is -2.26. The number of hydrogen-bond acceptors (Lipinski definition) is 5. The summed E-state index contributed by atoms with van der Waals surface area (Å²) in [6.07, 6.45) is 3.12. The van der Waals surface area contributed by atoms with Gasteiger partial charge in [-0.3, -0.25) is 9.59 Å². The molecule has 0 aliphatic heterocycles. The number of nitrogens with zero attached hydrogens (tertiary/aromatic N) is 1. The Hall–Kier alpha value is -1.29. The van der Waals surface area contributed by atoms with Gasteiger partial charge in [0.1, 0.15) is 20.8 Å². The molecule has 2 aliphatic rings. The molecule has 1 saturated carbocycles. The molecule has 1 fully saturated rings. The molecule has 0 aromatic carbocycles. The molecule has 25 heavy (non-hydrogen) atoms. The molecule has 0 bridgehead atoms. The maximum absolute atomic E-state index is 12.1. The quantitative estimate of drug-likeness (QED) is 0.615. The minimum Gasteiger partial charge on any atom is -0.455 e. The summed E-state index contributed by atoms with van der Waals surface area (Å²) in [5, 5.41) is 12.7. The maximum Gasteiger partial charge on any atom is 0.315 e. The average molecular weight is 401 g/mol. The molecule has 0 unspecified atom stereocenters. The molecule has 1 heterocycles. The van der Waals surface area contributed by atoms with Crippen molar-refractivity contribution in [3.8, 4) is 6.07 Å². The van der Waals surface area contributed by atoms with E-state index in [4.69, 9.17) is 27.9 Å². The normalized spacial score (nSPS) is 26.3. The second kappa shape index (κ2) is 6.46. The summed E-state index contributed by atoms with van der Waals surface area (Å²) in [5.74, 6) is -0.490. The molecule has 2 atom stereocenters. The summed E-state index contributed by atoms with van der Waals surface area (Å²) < 4.78 is 3.91. The first kappa shape index (κ1) is 18.5. The zero-order valence-corrected chi connectivity index (χ0v) is 16.3. The molecule has 1 aromatic heterocycles. The molecule has 3 rings (SSSR count). The number of thiophene rings is 1. The highest BCUT2D eigenvalue weighted by Gasteiger charge is 2.69. The van der Waals surface area contributed by atoms with Gasteiger partial charge in [0.05, 0.1) is 5.56 Å². The van der Waals surface area contributed by atoms with Crippen LogP contribution in [0.2, 0.25) is 0 Å². The van der Waals surface area contributed by atoms with Crippen LogP contribution in [-0.4, -0.2) is 22.8 Å². The van der Waals surface area contributed by atoms with Crippen LogP contribution in [0.25, 0.3) is 0 Å². The van der Waals surface area contributed by atoms with Gasteiger partial charge in [-0.05, 0) is 37.7 Å². The van der Waals surface area contributed by atoms with Gasteiger partial charge in [-0.15, -0.1) is 34.5 Å². The second-order valence-corrected chi connectivity index (χ2v) is 9.59. The zero-order valence-electron chi connectivity index (χ0n) is 13.9. The lowest BCUT2D eigenvalue weighted by Gasteiger charge is -2.17. The van der Waals surface area contributed by atoms with Gasteiger partial charge in [0.25, 0.3) is 5.91 Å². The minimum atomic E-state index is -1.13. The van der Waals surface area contributed by atoms with Crippen LogP contribution in [0.3, 0.4) is 0 Å². The number of ether oxygens (including phenoxy) is 1. The Balaban J connectivity index is 1.62. The monoisotopic (exact) mass is 400 g/mol. The van der Waals surface area contributed by atoms with Crippen LogP contribution in [0.15, 0.2) is 0 Å². The van der Waals surface area contributed by atoms with E-state index in [-0.39, 0.29) is 0 Å². The fraction of sp³-hybridized carbons (Fsp3) is 0.588. The van der Waals surface area contributed by atoms with Crippen molar-refractivity contribution < 1.29 is 14.3 Å². The van der Waals surface area contributed by atoms with Crippen LogP contribution in [-0.2, 0) is 27.2 Å². The SMILES string of the molecule is C[C@H]1CCc2c(sc(NC(=O)COC(=O)[C@@]3(C)CC3(Cl)Cl)c2C#N)C1. The molecule has 134 valence electrons. The third-order valence-corrected chi connectivity index (χ3v) is 7.19. The summed E-state index contributed by atoms with van der Waals surface area (Å²) in [5.41, 5.74) is 0.602. The molecular formula is C17H18Cl2N2O3S. The Morgan fingerprint density at radius 1 is 1.48 bits per heavy atom. The van der Waals surface area contributed by atoms with Crippen LogP contribution in [0, 0.1) is 22.7 Å². The predicted molar refractivity (Wildman–Crippen MR) is 97.0 cm³/mol. The van der Waals surface area contributed by atoms with E-state index in [1.54, 1.807) is 6.92 Å². The Morgan fingerprint density at radius 2 is 2.16 bits per heavy atom. The topological polar surface area (TPSA) is 79.2 Å². The van der Waals surface area contributed by atoms with Gasteiger partial charge in [0.15, 0.2) is 6.61 Å². The number of carbonyl (C=O) groups excluding carboxylic acids is 2. The highest BCUT2D eigenvalue weighted by Crippen LogP contribution is 2.64. The molecule has 1 N–H and O–H groups in total. The molecule has 0 saturated heterocycles. The lowest BCUT2D eigenvalue weighted by molar-refractivity contribution is -0.152. The number of nitrogens with one attached hydrogen (secondary N) is 1. The van der Waals surface area contributed by atoms with Gasteiger partial charge in [-0.25, -0.2) is 0 Å². The van der Waals surface area contributed by atoms with Crippen LogP contribution in [0.1, 0.15) is 42.7 Å². The van der Waals surface area contributed by atoms with Crippen molar-refractivity contribution >= 4 is 51.4 Å². The van der Waals surface area contributed by atoms with Crippen molar-refractivity contribution in [3.05, 3.63) is 16.0 Å². The van der Waals surface area contributed by atoms with E-state index in [0.717, 1.165) is 29.7 Å². The van der Waals surface area contributed by atoms with Crippen LogP contribution < -0.4 is 5.32 Å². The smallest absolute Gasteiger partial charge is 0.315 e. The van der Waals surface area contributed by atoms with Gasteiger partial charge < -0.3 is 10.1 Å². The summed E-state index contributed by atoms with van der Waals surface area (Å²) >= 11 is 13.3. The molecular weight excluding hydrogens is 383 g/mol. The molecule has 1 aromatic rings. The number of hydrogen-bond donors (Lipinski definition) is 1. The van der Waals surface area contributed by atoms with Crippen molar-refractivity contribution in [2.24, 2.45) is 11.3 Å². The minimum absolute atomic E-state index is 0.304. The molecule has 8 heteroatoms. The number of nitriles is 1. The van der Waals surface area contributed by atoms with E-state index in [1.807, 2.05) is 0 Å². The Kier molecular flexibility index (Phi) is 4.78. The third-order valence-electron chi connectivity index (χ3n) is 4.92. The Bertz CT molecular complexity index is 784. The van der Waals surface area contributed by atoms with E-state index in [1.165, 1.54) is 11.3 Å². The first-order chi connectivity index (χ1) is 11.7. The number of esters is 1. The van der Waals surface area contributed by atoms with E-state index < -0.39 is 28.2 Å². The van der Waals surface area contributed by atoms with Crippen molar-refractivity contribution in [1.82, 2.24) is 0 Å². The number of amides is 1. The second-order valence-electron chi connectivity index (χ2n) is 7.01. The average Bonchev–Trinajstić information content (AvgIpc) is 2.89. The highest BCUT2D eigenvalue weighted by molar-refractivity contribution is 7.16. The van der Waals surface area contributed by atoms with E-state index in [9.17, 15) is 14.9 Å². The number of rotatable bonds is 4. The zero-order chi connectivity index (χ0) is 18.4. The molecule has 1 amide bonds. The molecule has 0 spiro atoms. The molecule has 0 radical (unpaired) electrons. The van der Waals surface area contributed by atoms with E-state index >= 15 is 0 Å². The fourth-order valence-corrected chi connectivity index (χ4v) is 5.10. The van der Waals surface area contributed by atoms with Gasteiger partial charge in [0, 0.05) is 11.3 Å². The van der Waals surface area contributed by atoms with Crippen molar-refractivity contribution in [2.45, 2.75) is 43.9 Å². The first-order valence-corrected chi connectivity index (χ1v) is 9.64. The summed E-state index contributed by atoms with van der Waals surface area (Å²) in [7, 11) is 0. The summed E-state index contributed by atoms with van der Waals surface area (Å²) in [6, 6.07) is 2.19. The molecule has 2 aliphatic carbocycles. The van der Waals surface area contributed by atoms with Crippen molar-refractivity contribution in [1.29, 1.82) is 5.26 Å². The van der Waals surface area contributed by atoms with E-state index in [0.29, 0.717) is 22.9 Å². The van der Waals surface area contributed by atoms with Crippen molar-refractivity contribution in [3.63, 3.8) is 0 Å². The van der Waals surface area contributed by atoms with Crippen LogP contribution in [0.4, 0.5) is 5.00 Å². The first-order valence-electron chi connectivity index (χ1n) is 8.07. The largest absolute Gasteiger partial charge is 0.455 e. The lowest BCUT2D eigenvalue weighted by atomic mass is 9.89. The number of fused-ring (bicyclic) bond motifs is 1. The van der Waals surface area contributed by atoms with Gasteiger partial charge in [-0.2, -0.15) is 5.26 Å². The van der Waals surface area contributed by atoms with Gasteiger partial charge >= 0.3 is 5.97 Å². The third kappa shape index (κ3) is 3.38. The number of carbonyl (C=O) groups is 2. The predicted octanol–water partition coefficient (Wildman–Crippen LogP) is 3.81. The fourth-order valence-electron chi connectivity index (χ4n) is 3.03. The van der Waals surface area contributed by atoms with Crippen LogP contribution in [0.5, 0.6) is 0 Å². The van der Waals surface area contributed by atoms with Gasteiger partial charge in [0.2, 0.25) is 0 Å². The summed E-state index contributed by atoms with van der Waals surface area (Å²) in [4.78, 5) is 25.3. The van der Waals surface area contributed by atoms with Crippen LogP contribution >= 0.6 is 34.5 Å². The number of anilines is 1. The highest BCUT2D eigenvalue weighted by atomic mass is 35.5. The number of alkyl halides is 2. The summed E-state index contributed by atoms with van der Waals surface area (Å²) in [6.45, 7) is 3.36. The maximum atomic E-state index is 12.1. The standard InChI is InChI=1S/C17H18Cl2N2O3S/c1-9-3-4-10-11(6-20)14(25-12(10)5-9)21-13(22)7-24-15(23)16(2)8-17(16,18)19/h9H,3-5,7-8H2,1-2H3,(H,21,22)/t9-,16+/m0/s1.